The van der Waals surface area contributed by atoms with Crippen molar-refractivity contribution in [3.05, 3.63) is 12.3 Å². The van der Waals surface area contributed by atoms with E-state index in [2.05, 4.69) is 5.48 Å². The first kappa shape index (κ1) is 7.08. The predicted molar refractivity (Wildman–Crippen MR) is 34.0 cm³/mol. The topological polar surface area (TPSA) is 58.6 Å². The van der Waals surface area contributed by atoms with Gasteiger partial charge in [-0.15, -0.1) is 0 Å². The van der Waals surface area contributed by atoms with Crippen LogP contribution in [0.4, 0.5) is 0 Å². The molecule has 56 valence electrons. The fraction of sp³-hybridized carbons (Fsp3) is 0.500. The van der Waals surface area contributed by atoms with Crippen LogP contribution in [0.1, 0.15) is 13.3 Å². The Hall–Kier alpha value is -1.03. The van der Waals surface area contributed by atoms with E-state index in [0.717, 1.165) is 0 Å². The fourth-order valence-corrected chi connectivity index (χ4v) is 0.798. The number of nitrogens with one attached hydrogen (secondary N) is 1. The zero-order valence-electron chi connectivity index (χ0n) is 5.63. The Bertz CT molecular complexity index is 178. The molecular formula is C6H9NO3. The van der Waals surface area contributed by atoms with E-state index in [9.17, 15) is 4.79 Å². The molecule has 1 aliphatic heterocycles. The zero-order valence-corrected chi connectivity index (χ0v) is 5.63. The summed E-state index contributed by atoms with van der Waals surface area (Å²) in [4.78, 5) is 15.3. The maximum Gasteiger partial charge on any atom is 0.342 e. The third-order valence-electron chi connectivity index (χ3n) is 1.55. The highest BCUT2D eigenvalue weighted by Gasteiger charge is 2.38. The van der Waals surface area contributed by atoms with E-state index in [1.54, 1.807) is 6.92 Å². The first-order valence-electron chi connectivity index (χ1n) is 3.06. The quantitative estimate of drug-likeness (QED) is 0.582. The lowest BCUT2D eigenvalue weighted by Gasteiger charge is -2.17. The van der Waals surface area contributed by atoms with Gasteiger partial charge < -0.3 is 5.11 Å². The van der Waals surface area contributed by atoms with Gasteiger partial charge in [-0.05, 0) is 12.5 Å². The largest absolute Gasteiger partial charge is 0.479 e. The van der Waals surface area contributed by atoms with Crippen molar-refractivity contribution in [2.45, 2.75) is 18.9 Å². The maximum atomic E-state index is 10.5. The van der Waals surface area contributed by atoms with Crippen molar-refractivity contribution in [3.8, 4) is 0 Å². The van der Waals surface area contributed by atoms with Crippen molar-refractivity contribution in [1.82, 2.24) is 5.48 Å². The van der Waals surface area contributed by atoms with E-state index in [1.165, 1.54) is 12.3 Å². The monoisotopic (exact) mass is 143 g/mol. The van der Waals surface area contributed by atoms with Gasteiger partial charge in [-0.2, -0.15) is 0 Å². The molecule has 1 atom stereocenters. The number of rotatable bonds is 2. The molecule has 1 aliphatic rings. The number of hydrogen-bond donors (Lipinski definition) is 2. The highest BCUT2D eigenvalue weighted by Crippen LogP contribution is 2.20. The Morgan fingerprint density at radius 3 is 2.80 bits per heavy atom. The van der Waals surface area contributed by atoms with Gasteiger partial charge in [0.15, 0.2) is 0 Å². The summed E-state index contributed by atoms with van der Waals surface area (Å²) in [5.74, 6) is -0.962. The molecule has 0 aromatic heterocycles. The van der Waals surface area contributed by atoms with Gasteiger partial charge in [0.05, 0.1) is 0 Å². The van der Waals surface area contributed by atoms with Crippen molar-refractivity contribution >= 4 is 5.97 Å². The van der Waals surface area contributed by atoms with Gasteiger partial charge >= 0.3 is 5.97 Å². The Balaban J connectivity index is 2.78. The SMILES string of the molecule is CCC1(C(=O)O)C=CNO1. The molecule has 0 amide bonds. The third-order valence-corrected chi connectivity index (χ3v) is 1.55. The van der Waals surface area contributed by atoms with Gasteiger partial charge in [0.2, 0.25) is 5.60 Å². The van der Waals surface area contributed by atoms with Crippen LogP contribution in [0, 0.1) is 0 Å². The summed E-state index contributed by atoms with van der Waals surface area (Å²) in [5, 5.41) is 8.65. The second kappa shape index (κ2) is 2.30. The zero-order chi connectivity index (χ0) is 7.61. The Kier molecular flexibility index (Phi) is 1.63. The van der Waals surface area contributed by atoms with Crippen LogP contribution >= 0.6 is 0 Å². The minimum atomic E-state index is -1.14. The van der Waals surface area contributed by atoms with Gasteiger partial charge in [0, 0.05) is 6.20 Å². The summed E-state index contributed by atoms with van der Waals surface area (Å²) < 4.78 is 0. The molecule has 0 aliphatic carbocycles. The molecule has 0 aromatic carbocycles. The van der Waals surface area contributed by atoms with Gasteiger partial charge in [-0.3, -0.25) is 10.3 Å². The Morgan fingerprint density at radius 2 is 2.60 bits per heavy atom. The van der Waals surface area contributed by atoms with Crippen molar-refractivity contribution < 1.29 is 14.7 Å². The van der Waals surface area contributed by atoms with Crippen LogP contribution in [0.5, 0.6) is 0 Å². The van der Waals surface area contributed by atoms with Gasteiger partial charge in [0.1, 0.15) is 0 Å². The van der Waals surface area contributed by atoms with E-state index in [1.807, 2.05) is 0 Å². The second-order valence-electron chi connectivity index (χ2n) is 2.10. The van der Waals surface area contributed by atoms with Crippen LogP contribution in [0.15, 0.2) is 12.3 Å². The number of hydroxylamine groups is 1. The molecule has 2 N–H and O–H groups in total. The molecule has 0 fully saturated rings. The van der Waals surface area contributed by atoms with E-state index >= 15 is 0 Å². The number of carboxylic acid groups (broad SMARTS) is 1. The molecule has 4 nitrogen and oxygen atoms in total. The van der Waals surface area contributed by atoms with Crippen molar-refractivity contribution in [1.29, 1.82) is 0 Å². The number of carboxylic acids is 1. The minimum Gasteiger partial charge on any atom is -0.479 e. The molecular weight excluding hydrogens is 134 g/mol. The normalized spacial score (nSPS) is 30.1. The van der Waals surface area contributed by atoms with Crippen LogP contribution in [-0.2, 0) is 9.63 Å². The first-order chi connectivity index (χ1) is 4.71. The smallest absolute Gasteiger partial charge is 0.342 e. The summed E-state index contributed by atoms with van der Waals surface area (Å²) in [7, 11) is 0. The Morgan fingerprint density at radius 1 is 1.90 bits per heavy atom. The maximum absolute atomic E-state index is 10.5. The van der Waals surface area contributed by atoms with Crippen LogP contribution in [-0.4, -0.2) is 16.7 Å². The summed E-state index contributed by atoms with van der Waals surface area (Å²) >= 11 is 0. The first-order valence-corrected chi connectivity index (χ1v) is 3.06. The average Bonchev–Trinajstić information content (AvgIpc) is 2.35. The second-order valence-corrected chi connectivity index (χ2v) is 2.10. The molecule has 0 spiro atoms. The summed E-state index contributed by atoms with van der Waals surface area (Å²) in [6, 6.07) is 0. The minimum absolute atomic E-state index is 0.422. The molecule has 1 heterocycles. The molecule has 10 heavy (non-hydrogen) atoms. The van der Waals surface area contributed by atoms with Crippen molar-refractivity contribution in [2.75, 3.05) is 0 Å². The highest BCUT2D eigenvalue weighted by atomic mass is 16.7. The fourth-order valence-electron chi connectivity index (χ4n) is 0.798. The lowest BCUT2D eigenvalue weighted by Crippen LogP contribution is -2.38. The summed E-state index contributed by atoms with van der Waals surface area (Å²) in [6.45, 7) is 1.76. The molecule has 0 radical (unpaired) electrons. The molecule has 0 bridgehead atoms. The lowest BCUT2D eigenvalue weighted by molar-refractivity contribution is -0.162. The number of carbonyl (C=O) groups is 1. The highest BCUT2D eigenvalue weighted by molar-refractivity contribution is 5.80. The molecule has 4 heteroatoms. The Labute approximate surface area is 58.4 Å². The van der Waals surface area contributed by atoms with Crippen molar-refractivity contribution in [3.63, 3.8) is 0 Å². The van der Waals surface area contributed by atoms with Crippen LogP contribution in [0.2, 0.25) is 0 Å². The third kappa shape index (κ3) is 0.863. The van der Waals surface area contributed by atoms with Crippen LogP contribution in [0.3, 0.4) is 0 Å². The van der Waals surface area contributed by atoms with E-state index in [-0.39, 0.29) is 0 Å². The average molecular weight is 143 g/mol. The van der Waals surface area contributed by atoms with Crippen molar-refractivity contribution in [2.24, 2.45) is 0 Å². The number of hydrogen-bond acceptors (Lipinski definition) is 3. The van der Waals surface area contributed by atoms with Gasteiger partial charge in [-0.25, -0.2) is 4.79 Å². The molecule has 0 saturated carbocycles. The number of aliphatic carboxylic acids is 1. The molecule has 1 rings (SSSR count). The van der Waals surface area contributed by atoms with Crippen LogP contribution in [0.25, 0.3) is 0 Å². The lowest BCUT2D eigenvalue weighted by atomic mass is 10.0. The molecule has 0 aromatic rings. The summed E-state index contributed by atoms with van der Waals surface area (Å²) in [5.41, 5.74) is 1.25. The molecule has 1 unspecified atom stereocenters. The van der Waals surface area contributed by atoms with Gasteiger partial charge in [0.25, 0.3) is 0 Å². The van der Waals surface area contributed by atoms with E-state index < -0.39 is 11.6 Å². The predicted octanol–water partition coefficient (Wildman–Crippen LogP) is 0.268. The molecule has 0 saturated heterocycles. The van der Waals surface area contributed by atoms with Crippen LogP contribution < -0.4 is 5.48 Å². The summed E-state index contributed by atoms with van der Waals surface area (Å²) in [6.07, 6.45) is 3.40. The van der Waals surface area contributed by atoms with E-state index in [4.69, 9.17) is 9.94 Å². The van der Waals surface area contributed by atoms with E-state index in [0.29, 0.717) is 6.42 Å². The van der Waals surface area contributed by atoms with Gasteiger partial charge in [-0.1, -0.05) is 6.92 Å². The standard InChI is InChI=1S/C6H9NO3/c1-2-6(5(8)9)3-4-7-10-6/h3-4,7H,2H2,1H3,(H,8,9).